The summed E-state index contributed by atoms with van der Waals surface area (Å²) in [5, 5.41) is 7.06. The van der Waals surface area contributed by atoms with Crippen molar-refractivity contribution in [2.75, 3.05) is 6.54 Å². The molecule has 1 amide bonds. The lowest BCUT2D eigenvalue weighted by Gasteiger charge is -2.08. The maximum Gasteiger partial charge on any atom is 0.255 e. The number of hydrogen-bond donors (Lipinski definition) is 1. The second-order valence-corrected chi connectivity index (χ2v) is 4.95. The van der Waals surface area contributed by atoms with Crippen molar-refractivity contribution in [3.63, 3.8) is 0 Å². The summed E-state index contributed by atoms with van der Waals surface area (Å²) in [4.78, 5) is 11.7. The largest absolute Gasteiger partial charge is 0.352 e. The second kappa shape index (κ2) is 5.23. The molecule has 4 nitrogen and oxygen atoms in total. The molecule has 0 unspecified atom stereocenters. The minimum atomic E-state index is -0.0814. The van der Waals surface area contributed by atoms with Crippen LogP contribution < -0.4 is 5.32 Å². The van der Waals surface area contributed by atoms with Crippen LogP contribution >= 0.6 is 0 Å². The van der Waals surface area contributed by atoms with Gasteiger partial charge in [0.15, 0.2) is 12.1 Å². The standard InChI is InChI=1S/C12H20N3O.H2/c1-5-6-7-13-11(16)10-8-14-15(9-10)12(2,3)4;/h8-9H,5-7H2,1-4H3;1H/p+1. The van der Waals surface area contributed by atoms with Crippen molar-refractivity contribution in [3.05, 3.63) is 18.3 Å². The average Bonchev–Trinajstić information content (AvgIpc) is 2.66. The van der Waals surface area contributed by atoms with Gasteiger partial charge in [-0.05, 0) is 11.5 Å². The van der Waals surface area contributed by atoms with Crippen LogP contribution in [0.2, 0.25) is 0 Å². The second-order valence-electron chi connectivity index (χ2n) is 4.95. The van der Waals surface area contributed by atoms with Gasteiger partial charge in [-0.1, -0.05) is 18.0 Å². The number of nitrogens with one attached hydrogen (secondary N) is 1. The molecule has 0 aliphatic carbocycles. The molecule has 0 fully saturated rings. The predicted octanol–water partition coefficient (Wildman–Crippen LogP) is 2.47. The van der Waals surface area contributed by atoms with E-state index in [1.54, 1.807) is 12.7 Å². The Labute approximate surface area is 98.9 Å². The molecule has 1 aliphatic heterocycles. The number of amides is 1. The van der Waals surface area contributed by atoms with Crippen LogP contribution in [0, 0.1) is 6.54 Å². The van der Waals surface area contributed by atoms with Gasteiger partial charge in [0.1, 0.15) is 5.57 Å². The fraction of sp³-hybridized carbons (Fsp3) is 0.667. The van der Waals surface area contributed by atoms with Gasteiger partial charge < -0.3 is 5.32 Å². The van der Waals surface area contributed by atoms with E-state index in [9.17, 15) is 4.79 Å². The van der Waals surface area contributed by atoms with Crippen LogP contribution in [0.5, 0.6) is 0 Å². The predicted molar refractivity (Wildman–Crippen MR) is 64.9 cm³/mol. The van der Waals surface area contributed by atoms with Crippen LogP contribution in [-0.2, 0) is 4.79 Å². The Bertz CT molecular complexity index is 329. The Morgan fingerprint density at radius 3 is 2.75 bits per heavy atom. The zero-order valence-corrected chi connectivity index (χ0v) is 10.6. The van der Waals surface area contributed by atoms with Crippen molar-refractivity contribution >= 4 is 5.91 Å². The van der Waals surface area contributed by atoms with Crippen molar-refractivity contribution in [2.24, 2.45) is 5.11 Å². The van der Waals surface area contributed by atoms with Gasteiger partial charge in [-0.2, -0.15) is 0 Å². The van der Waals surface area contributed by atoms with E-state index in [2.05, 4.69) is 38.1 Å². The van der Waals surface area contributed by atoms with Crippen LogP contribution in [0.1, 0.15) is 42.0 Å². The Hall–Kier alpha value is -1.19. The number of carbonyl (C=O) groups excluding carboxylic acids is 1. The Balaban J connectivity index is 0.00000256. The highest BCUT2D eigenvalue weighted by Crippen LogP contribution is 2.18. The summed E-state index contributed by atoms with van der Waals surface area (Å²) in [6, 6.07) is 0. The number of nitrogens with zero attached hydrogens (tertiary/aromatic N) is 2. The molecule has 1 rings (SSSR count). The van der Waals surface area contributed by atoms with Crippen molar-refractivity contribution < 1.29 is 10.9 Å². The average molecular weight is 225 g/mol. The molecule has 91 valence electrons. The number of rotatable bonds is 4. The van der Waals surface area contributed by atoms with Crippen LogP contribution in [0.3, 0.4) is 0 Å². The lowest BCUT2D eigenvalue weighted by atomic mass is 10.1. The smallest absolute Gasteiger partial charge is 0.255 e. The maximum absolute atomic E-state index is 11.7. The van der Waals surface area contributed by atoms with E-state index in [0.29, 0.717) is 5.57 Å². The van der Waals surface area contributed by atoms with E-state index in [4.69, 9.17) is 0 Å². The van der Waals surface area contributed by atoms with Crippen LogP contribution in [0.4, 0.5) is 0 Å². The zero-order valence-electron chi connectivity index (χ0n) is 10.6. The summed E-state index contributed by atoms with van der Waals surface area (Å²) in [5.74, 6) is -0.0380. The van der Waals surface area contributed by atoms with Gasteiger partial charge in [0.05, 0.1) is 0 Å². The lowest BCUT2D eigenvalue weighted by molar-refractivity contribution is -0.591. The molecule has 0 saturated heterocycles. The monoisotopic (exact) mass is 225 g/mol. The molecule has 16 heavy (non-hydrogen) atoms. The SMILES string of the molecule is CCCCNC(=O)C1=C[N+](C(C)(C)C)=N[CH]1.[HH]. The van der Waals surface area contributed by atoms with Gasteiger partial charge in [-0.25, -0.2) is 0 Å². The summed E-state index contributed by atoms with van der Waals surface area (Å²) >= 11 is 0. The third-order valence-electron chi connectivity index (χ3n) is 2.35. The van der Waals surface area contributed by atoms with E-state index in [1.807, 2.05) is 4.70 Å². The topological polar surface area (TPSA) is 44.5 Å². The Kier molecular flexibility index (Phi) is 4.21. The van der Waals surface area contributed by atoms with Gasteiger partial charge in [0.2, 0.25) is 6.20 Å². The molecule has 0 bridgehead atoms. The summed E-state index contributed by atoms with van der Waals surface area (Å²) in [7, 11) is 0. The molecule has 1 aliphatic rings. The molecule has 0 aromatic carbocycles. The molecule has 0 atom stereocenters. The van der Waals surface area contributed by atoms with Gasteiger partial charge in [0, 0.05) is 28.7 Å². The lowest BCUT2D eigenvalue weighted by Crippen LogP contribution is -2.28. The van der Waals surface area contributed by atoms with Crippen molar-refractivity contribution in [1.29, 1.82) is 0 Å². The molecule has 1 heterocycles. The first-order valence-electron chi connectivity index (χ1n) is 5.78. The maximum atomic E-state index is 11.7. The number of unbranched alkanes of at least 4 members (excludes halogenated alkanes) is 1. The molecule has 0 saturated carbocycles. The Morgan fingerprint density at radius 2 is 2.25 bits per heavy atom. The molecular formula is C12H23N3O+. The molecule has 1 N–H and O–H groups in total. The van der Waals surface area contributed by atoms with E-state index < -0.39 is 0 Å². The van der Waals surface area contributed by atoms with Crippen LogP contribution in [0.15, 0.2) is 16.9 Å². The van der Waals surface area contributed by atoms with Gasteiger partial charge in [0.25, 0.3) is 5.91 Å². The first-order valence-corrected chi connectivity index (χ1v) is 5.78. The number of hydrogen-bond acceptors (Lipinski definition) is 2. The summed E-state index contributed by atoms with van der Waals surface area (Å²) in [6.45, 7) is 10.6. The first kappa shape index (κ1) is 12.9. The first-order chi connectivity index (χ1) is 7.45. The number of azo groups is 2. The zero-order chi connectivity index (χ0) is 12.2. The van der Waals surface area contributed by atoms with E-state index in [1.165, 1.54) is 0 Å². The highest BCUT2D eigenvalue weighted by molar-refractivity contribution is 5.95. The van der Waals surface area contributed by atoms with Crippen molar-refractivity contribution in [2.45, 2.75) is 46.1 Å². The molecule has 0 spiro atoms. The van der Waals surface area contributed by atoms with Gasteiger partial charge >= 0.3 is 0 Å². The van der Waals surface area contributed by atoms with Crippen LogP contribution in [0.25, 0.3) is 0 Å². The minimum absolute atomic E-state index is 0. The summed E-state index contributed by atoms with van der Waals surface area (Å²) < 4.78 is 1.81. The minimum Gasteiger partial charge on any atom is -0.352 e. The van der Waals surface area contributed by atoms with Crippen molar-refractivity contribution in [1.82, 2.24) is 5.32 Å². The summed E-state index contributed by atoms with van der Waals surface area (Å²) in [6.07, 6.45) is 3.89. The van der Waals surface area contributed by atoms with E-state index in [0.717, 1.165) is 19.4 Å². The third-order valence-corrected chi connectivity index (χ3v) is 2.35. The normalized spacial score (nSPS) is 15.8. The van der Waals surface area contributed by atoms with Crippen molar-refractivity contribution in [3.8, 4) is 0 Å². The van der Waals surface area contributed by atoms with Gasteiger partial charge in [-0.3, -0.25) is 4.79 Å². The quantitative estimate of drug-likeness (QED) is 0.579. The molecular weight excluding hydrogens is 202 g/mol. The summed E-state index contributed by atoms with van der Waals surface area (Å²) in [5.41, 5.74) is 0.549. The number of carbonyl (C=O) groups is 1. The molecule has 0 aromatic rings. The fourth-order valence-electron chi connectivity index (χ4n) is 1.29. The fourth-order valence-corrected chi connectivity index (χ4v) is 1.29. The van der Waals surface area contributed by atoms with E-state index in [-0.39, 0.29) is 12.9 Å². The van der Waals surface area contributed by atoms with Gasteiger partial charge in [-0.15, -0.1) is 0 Å². The van der Waals surface area contributed by atoms with E-state index >= 15 is 0 Å². The highest BCUT2D eigenvalue weighted by atomic mass is 16.1. The molecule has 1 radical (unpaired) electrons. The molecule has 4 heteroatoms. The highest BCUT2D eigenvalue weighted by Gasteiger charge is 2.31. The Morgan fingerprint density at radius 1 is 1.56 bits per heavy atom. The van der Waals surface area contributed by atoms with Crippen LogP contribution in [-0.4, -0.2) is 22.7 Å². The third kappa shape index (κ3) is 3.43. The molecule has 0 aromatic heterocycles.